The average molecular weight is 450 g/mol. The highest BCUT2D eigenvalue weighted by molar-refractivity contribution is 6.35. The van der Waals surface area contributed by atoms with Crippen molar-refractivity contribution in [1.29, 1.82) is 0 Å². The van der Waals surface area contributed by atoms with E-state index in [1.54, 1.807) is 0 Å². The molecule has 0 bridgehead atoms. The van der Waals surface area contributed by atoms with E-state index in [1.807, 2.05) is 25.3 Å². The predicted molar refractivity (Wildman–Crippen MR) is 131 cm³/mol. The van der Waals surface area contributed by atoms with Crippen molar-refractivity contribution in [3.8, 4) is 5.75 Å². The van der Waals surface area contributed by atoms with Gasteiger partial charge in [0.1, 0.15) is 12.4 Å². The standard InChI is InChI=1S/C27H28ClNO3/c1-4-31-27(30)12-7-19-5-8-22-15-23(10-9-21(22)13-19)32-17-20-6-11-26-24(14-20)25(28)16-29(26)18(2)3/h5-6,8-11,13-16,18H,4,7,12,17H2,1-3H3. The molecule has 166 valence electrons. The van der Waals surface area contributed by atoms with Crippen LogP contribution in [0.3, 0.4) is 0 Å². The van der Waals surface area contributed by atoms with E-state index in [4.69, 9.17) is 21.1 Å². The van der Waals surface area contributed by atoms with E-state index in [1.165, 1.54) is 0 Å². The summed E-state index contributed by atoms with van der Waals surface area (Å²) in [4.78, 5) is 11.6. The van der Waals surface area contributed by atoms with Crippen molar-refractivity contribution in [2.45, 2.75) is 46.3 Å². The van der Waals surface area contributed by atoms with Crippen LogP contribution in [0.4, 0.5) is 0 Å². The second-order valence-electron chi connectivity index (χ2n) is 8.27. The summed E-state index contributed by atoms with van der Waals surface area (Å²) in [6.45, 7) is 7.02. The smallest absolute Gasteiger partial charge is 0.306 e. The lowest BCUT2D eigenvalue weighted by Crippen LogP contribution is -2.05. The van der Waals surface area contributed by atoms with Crippen LogP contribution in [0, 0.1) is 0 Å². The molecule has 4 aromatic rings. The number of ether oxygens (including phenoxy) is 2. The van der Waals surface area contributed by atoms with Gasteiger partial charge < -0.3 is 14.0 Å². The quantitative estimate of drug-likeness (QED) is 0.269. The van der Waals surface area contributed by atoms with Gasteiger partial charge in [-0.1, -0.05) is 41.9 Å². The van der Waals surface area contributed by atoms with Gasteiger partial charge in [0, 0.05) is 29.6 Å². The van der Waals surface area contributed by atoms with E-state index in [2.05, 4.69) is 60.9 Å². The van der Waals surface area contributed by atoms with Crippen molar-refractivity contribution in [3.63, 3.8) is 0 Å². The molecule has 0 amide bonds. The van der Waals surface area contributed by atoms with Gasteiger partial charge in [0.2, 0.25) is 0 Å². The number of halogens is 1. The number of hydrogen-bond acceptors (Lipinski definition) is 3. The molecule has 0 saturated heterocycles. The van der Waals surface area contributed by atoms with Crippen molar-refractivity contribution in [3.05, 3.63) is 76.9 Å². The molecule has 1 heterocycles. The summed E-state index contributed by atoms with van der Waals surface area (Å²) in [5, 5.41) is 4.05. The molecule has 0 aliphatic heterocycles. The third-order valence-electron chi connectivity index (χ3n) is 5.61. The normalized spacial score (nSPS) is 11.4. The molecule has 32 heavy (non-hydrogen) atoms. The fourth-order valence-corrected chi connectivity index (χ4v) is 4.20. The molecule has 0 atom stereocenters. The maximum atomic E-state index is 11.6. The van der Waals surface area contributed by atoms with Crippen LogP contribution < -0.4 is 4.74 Å². The van der Waals surface area contributed by atoms with Gasteiger partial charge in [0.25, 0.3) is 0 Å². The van der Waals surface area contributed by atoms with Crippen LogP contribution in [0.15, 0.2) is 60.8 Å². The van der Waals surface area contributed by atoms with Gasteiger partial charge in [-0.05, 0) is 73.4 Å². The Morgan fingerprint density at radius 3 is 2.53 bits per heavy atom. The molecule has 4 nitrogen and oxygen atoms in total. The maximum absolute atomic E-state index is 11.6. The number of esters is 1. The molecule has 0 saturated carbocycles. The minimum atomic E-state index is -0.156. The molecule has 0 spiro atoms. The SMILES string of the molecule is CCOC(=O)CCc1ccc2cc(OCc3ccc4c(c3)c(Cl)cn4C(C)C)ccc2c1. The fraction of sp³-hybridized carbons (Fsp3) is 0.296. The van der Waals surface area contributed by atoms with Gasteiger partial charge in [-0.25, -0.2) is 0 Å². The number of benzene rings is 3. The molecule has 0 radical (unpaired) electrons. The lowest BCUT2D eigenvalue weighted by molar-refractivity contribution is -0.143. The molecule has 0 aliphatic rings. The summed E-state index contributed by atoms with van der Waals surface area (Å²) in [6, 6.07) is 19.0. The van der Waals surface area contributed by atoms with Crippen LogP contribution in [-0.2, 0) is 22.6 Å². The molecule has 0 aliphatic carbocycles. The third kappa shape index (κ3) is 4.91. The molecule has 3 aromatic carbocycles. The van der Waals surface area contributed by atoms with Gasteiger partial charge >= 0.3 is 5.97 Å². The summed E-state index contributed by atoms with van der Waals surface area (Å²) in [6.07, 6.45) is 3.07. The van der Waals surface area contributed by atoms with Crippen LogP contribution >= 0.6 is 11.6 Å². The number of hydrogen-bond donors (Lipinski definition) is 0. The highest BCUT2D eigenvalue weighted by atomic mass is 35.5. The zero-order valence-electron chi connectivity index (χ0n) is 18.7. The maximum Gasteiger partial charge on any atom is 0.306 e. The second-order valence-corrected chi connectivity index (χ2v) is 8.67. The Labute approximate surface area is 193 Å². The van der Waals surface area contributed by atoms with Gasteiger partial charge in [-0.2, -0.15) is 0 Å². The average Bonchev–Trinajstić information content (AvgIpc) is 3.12. The summed E-state index contributed by atoms with van der Waals surface area (Å²) in [5.74, 6) is 0.666. The van der Waals surface area contributed by atoms with Gasteiger partial charge in [0.15, 0.2) is 0 Å². The van der Waals surface area contributed by atoms with Crippen molar-refractivity contribution < 1.29 is 14.3 Å². The van der Waals surface area contributed by atoms with Crippen LogP contribution in [0.25, 0.3) is 21.7 Å². The highest BCUT2D eigenvalue weighted by Crippen LogP contribution is 2.30. The molecule has 0 unspecified atom stereocenters. The van der Waals surface area contributed by atoms with E-state index in [0.29, 0.717) is 32.1 Å². The predicted octanol–water partition coefficient (Wildman–Crippen LogP) is 7.10. The molecular weight excluding hydrogens is 422 g/mol. The largest absolute Gasteiger partial charge is 0.489 e. The highest BCUT2D eigenvalue weighted by Gasteiger charge is 2.10. The van der Waals surface area contributed by atoms with Gasteiger partial charge in [-0.15, -0.1) is 0 Å². The first kappa shape index (κ1) is 22.2. The Morgan fingerprint density at radius 2 is 1.75 bits per heavy atom. The Bertz CT molecular complexity index is 1260. The number of aryl methyl sites for hydroxylation is 1. The Hall–Kier alpha value is -2.98. The van der Waals surface area contributed by atoms with E-state index in [9.17, 15) is 4.79 Å². The van der Waals surface area contributed by atoms with E-state index in [-0.39, 0.29) is 5.97 Å². The van der Waals surface area contributed by atoms with Crippen molar-refractivity contribution in [2.24, 2.45) is 0 Å². The first-order valence-corrected chi connectivity index (χ1v) is 11.4. The van der Waals surface area contributed by atoms with Crippen LogP contribution in [0.2, 0.25) is 5.02 Å². The Balaban J connectivity index is 1.44. The van der Waals surface area contributed by atoms with Crippen molar-refractivity contribution in [1.82, 2.24) is 4.57 Å². The number of aromatic nitrogens is 1. The summed E-state index contributed by atoms with van der Waals surface area (Å²) >= 11 is 6.46. The van der Waals surface area contributed by atoms with Crippen LogP contribution in [-0.4, -0.2) is 17.1 Å². The Morgan fingerprint density at radius 1 is 1.00 bits per heavy atom. The molecular formula is C27H28ClNO3. The third-order valence-corrected chi connectivity index (χ3v) is 5.91. The lowest BCUT2D eigenvalue weighted by atomic mass is 10.0. The van der Waals surface area contributed by atoms with E-state index < -0.39 is 0 Å². The summed E-state index contributed by atoms with van der Waals surface area (Å²) in [5.41, 5.74) is 3.34. The monoisotopic (exact) mass is 449 g/mol. The molecule has 0 N–H and O–H groups in total. The first-order valence-electron chi connectivity index (χ1n) is 11.0. The minimum Gasteiger partial charge on any atom is -0.489 e. The molecule has 0 fully saturated rings. The van der Waals surface area contributed by atoms with Crippen LogP contribution in [0.5, 0.6) is 5.75 Å². The number of nitrogens with zero attached hydrogens (tertiary/aromatic N) is 1. The molecule has 5 heteroatoms. The zero-order valence-corrected chi connectivity index (χ0v) is 19.5. The number of carbonyl (C=O) groups is 1. The zero-order chi connectivity index (χ0) is 22.7. The number of fused-ring (bicyclic) bond motifs is 2. The topological polar surface area (TPSA) is 40.5 Å². The number of rotatable bonds is 8. The first-order chi connectivity index (χ1) is 15.4. The van der Waals surface area contributed by atoms with Crippen molar-refractivity contribution in [2.75, 3.05) is 6.61 Å². The summed E-state index contributed by atoms with van der Waals surface area (Å²) in [7, 11) is 0. The van der Waals surface area contributed by atoms with Gasteiger partial charge in [0.05, 0.1) is 11.6 Å². The Kier molecular flexibility index (Phi) is 6.71. The second kappa shape index (κ2) is 9.66. The van der Waals surface area contributed by atoms with Crippen LogP contribution in [0.1, 0.15) is 44.4 Å². The van der Waals surface area contributed by atoms with Crippen molar-refractivity contribution >= 4 is 39.2 Å². The minimum absolute atomic E-state index is 0.156. The van der Waals surface area contributed by atoms with Gasteiger partial charge in [-0.3, -0.25) is 4.79 Å². The lowest BCUT2D eigenvalue weighted by Gasteiger charge is -2.11. The summed E-state index contributed by atoms with van der Waals surface area (Å²) < 4.78 is 13.3. The van der Waals surface area contributed by atoms with E-state index >= 15 is 0 Å². The fourth-order valence-electron chi connectivity index (χ4n) is 3.94. The molecule has 4 rings (SSSR count). The molecule has 1 aromatic heterocycles. The van der Waals surface area contributed by atoms with E-state index in [0.717, 1.165) is 43.6 Å². The number of carbonyl (C=O) groups excluding carboxylic acids is 1.